The molecule has 2 aliphatic heterocycles. The number of carbonyl (C=O) groups is 3. The van der Waals surface area contributed by atoms with Gasteiger partial charge in [-0.1, -0.05) is 12.1 Å². The number of anilines is 4. The van der Waals surface area contributed by atoms with Gasteiger partial charge in [0.15, 0.2) is 0 Å². The maximum absolute atomic E-state index is 12.4. The van der Waals surface area contributed by atoms with Crippen LogP contribution in [0.25, 0.3) is 0 Å². The number of hydrogen-bond donors (Lipinski definition) is 2. The fraction of sp³-hybridized carbons (Fsp3) is 0.321. The van der Waals surface area contributed by atoms with Gasteiger partial charge in [-0.15, -0.1) is 0 Å². The van der Waals surface area contributed by atoms with E-state index in [0.717, 1.165) is 30.3 Å². The summed E-state index contributed by atoms with van der Waals surface area (Å²) < 4.78 is 0. The molecule has 5 rings (SSSR count). The number of aryl methyl sites for hydroxylation is 1. The average molecular weight is 499 g/mol. The van der Waals surface area contributed by atoms with Crippen LogP contribution in [0, 0.1) is 6.92 Å². The molecule has 190 valence electrons. The van der Waals surface area contributed by atoms with Gasteiger partial charge in [0.1, 0.15) is 5.82 Å². The number of piperidine rings is 1. The van der Waals surface area contributed by atoms with Crippen LogP contribution in [-0.4, -0.2) is 52.2 Å². The Morgan fingerprint density at radius 1 is 0.892 bits per heavy atom. The minimum absolute atomic E-state index is 0.175. The molecular formula is C28H30N6O3. The average Bonchev–Trinajstić information content (AvgIpc) is 3.15. The van der Waals surface area contributed by atoms with Crippen molar-refractivity contribution in [2.45, 2.75) is 39.0 Å². The van der Waals surface area contributed by atoms with Gasteiger partial charge in [0.25, 0.3) is 11.8 Å². The Morgan fingerprint density at radius 2 is 1.54 bits per heavy atom. The van der Waals surface area contributed by atoms with Crippen molar-refractivity contribution >= 4 is 40.9 Å². The summed E-state index contributed by atoms with van der Waals surface area (Å²) in [5.41, 5.74) is 3.23. The van der Waals surface area contributed by atoms with E-state index in [0.29, 0.717) is 29.2 Å². The highest BCUT2D eigenvalue weighted by molar-refractivity contribution is 6.21. The number of hydrogen-bond acceptors (Lipinski definition) is 7. The second-order valence-corrected chi connectivity index (χ2v) is 9.40. The number of aromatic nitrogens is 2. The number of carbonyl (C=O) groups excluding carboxylic acids is 3. The van der Waals surface area contributed by atoms with Crippen LogP contribution in [0.1, 0.15) is 58.5 Å². The van der Waals surface area contributed by atoms with E-state index in [-0.39, 0.29) is 30.7 Å². The molecule has 3 amide bonds. The molecule has 2 N–H and O–H groups in total. The largest absolute Gasteiger partial charge is 0.356 e. The number of nitrogens with zero attached hydrogens (tertiary/aromatic N) is 4. The van der Waals surface area contributed by atoms with Gasteiger partial charge in [-0.05, 0) is 69.0 Å². The van der Waals surface area contributed by atoms with Gasteiger partial charge in [0.2, 0.25) is 11.9 Å². The molecule has 2 aliphatic rings. The molecule has 1 saturated heterocycles. The second-order valence-electron chi connectivity index (χ2n) is 9.40. The van der Waals surface area contributed by atoms with Gasteiger partial charge in [0, 0.05) is 49.2 Å². The topological polar surface area (TPSA) is 108 Å². The highest BCUT2D eigenvalue weighted by atomic mass is 16.2. The molecule has 0 aliphatic carbocycles. The van der Waals surface area contributed by atoms with Crippen molar-refractivity contribution in [2.24, 2.45) is 0 Å². The van der Waals surface area contributed by atoms with Crippen molar-refractivity contribution in [1.82, 2.24) is 14.9 Å². The Labute approximate surface area is 215 Å². The molecule has 0 saturated carbocycles. The smallest absolute Gasteiger partial charge is 0.261 e. The molecule has 1 fully saturated rings. The highest BCUT2D eigenvalue weighted by Crippen LogP contribution is 2.24. The maximum atomic E-state index is 12.4. The number of nitrogens with one attached hydrogen (secondary N) is 2. The predicted octanol–water partition coefficient (Wildman–Crippen LogP) is 4.53. The van der Waals surface area contributed by atoms with Crippen LogP contribution in [0.5, 0.6) is 0 Å². The van der Waals surface area contributed by atoms with E-state index in [2.05, 4.69) is 20.5 Å². The molecule has 0 spiro atoms. The van der Waals surface area contributed by atoms with Crippen LogP contribution in [0.2, 0.25) is 0 Å². The molecular weight excluding hydrogens is 468 g/mol. The lowest BCUT2D eigenvalue weighted by atomic mass is 10.1. The van der Waals surface area contributed by atoms with Gasteiger partial charge in [-0.2, -0.15) is 4.98 Å². The Morgan fingerprint density at radius 3 is 2.22 bits per heavy atom. The second kappa shape index (κ2) is 10.8. The summed E-state index contributed by atoms with van der Waals surface area (Å²) in [6.07, 6.45) is 4.22. The fourth-order valence-electron chi connectivity index (χ4n) is 4.72. The van der Waals surface area contributed by atoms with E-state index in [1.807, 2.05) is 37.3 Å². The van der Waals surface area contributed by atoms with E-state index in [9.17, 15) is 14.4 Å². The lowest BCUT2D eigenvalue weighted by molar-refractivity contribution is -0.116. The number of rotatable bonds is 8. The Kier molecular flexibility index (Phi) is 7.11. The van der Waals surface area contributed by atoms with Crippen molar-refractivity contribution < 1.29 is 14.4 Å². The van der Waals surface area contributed by atoms with E-state index in [1.165, 1.54) is 24.2 Å². The lowest BCUT2D eigenvalue weighted by Crippen LogP contribution is -2.31. The van der Waals surface area contributed by atoms with E-state index in [4.69, 9.17) is 4.98 Å². The standard InChI is InChI=1S/C28H30N6O3/c1-19-18-24(33-15-5-2-6-16-33)32-28(29-19)31-21-13-11-20(12-14-21)30-25(35)10-7-17-34-26(36)22-8-3-4-9-23(22)27(34)37/h3-4,8-9,11-14,18H,2,5-7,10,15-17H2,1H3,(H,30,35)(H,29,31,32). The third-order valence-electron chi connectivity index (χ3n) is 6.61. The quantitative estimate of drug-likeness (QED) is 0.439. The predicted molar refractivity (Wildman–Crippen MR) is 142 cm³/mol. The molecule has 37 heavy (non-hydrogen) atoms. The van der Waals surface area contributed by atoms with Crippen LogP contribution in [-0.2, 0) is 4.79 Å². The SMILES string of the molecule is Cc1cc(N2CCCCC2)nc(Nc2ccc(NC(=O)CCCN3C(=O)c4ccccc4C3=O)cc2)n1. The van der Waals surface area contributed by atoms with Crippen LogP contribution >= 0.6 is 0 Å². The van der Waals surface area contributed by atoms with Gasteiger partial charge >= 0.3 is 0 Å². The van der Waals surface area contributed by atoms with Crippen molar-refractivity contribution in [1.29, 1.82) is 0 Å². The Hall–Kier alpha value is -4.27. The first kappa shape index (κ1) is 24.4. The minimum atomic E-state index is -0.301. The molecule has 0 atom stereocenters. The van der Waals surface area contributed by atoms with E-state index < -0.39 is 0 Å². The lowest BCUT2D eigenvalue weighted by Gasteiger charge is -2.28. The van der Waals surface area contributed by atoms with Gasteiger partial charge in [-0.25, -0.2) is 4.98 Å². The van der Waals surface area contributed by atoms with Crippen LogP contribution in [0.4, 0.5) is 23.1 Å². The summed E-state index contributed by atoms with van der Waals surface area (Å²) in [6.45, 7) is 4.21. The monoisotopic (exact) mass is 498 g/mol. The molecule has 0 radical (unpaired) electrons. The molecule has 2 aromatic carbocycles. The highest BCUT2D eigenvalue weighted by Gasteiger charge is 2.34. The molecule has 9 heteroatoms. The normalized spacial score (nSPS) is 15.1. The van der Waals surface area contributed by atoms with Gasteiger partial charge < -0.3 is 15.5 Å². The summed E-state index contributed by atoms with van der Waals surface area (Å²) in [5, 5.41) is 6.12. The third-order valence-corrected chi connectivity index (χ3v) is 6.61. The zero-order chi connectivity index (χ0) is 25.8. The summed E-state index contributed by atoms with van der Waals surface area (Å²) >= 11 is 0. The van der Waals surface area contributed by atoms with Crippen molar-refractivity contribution in [3.05, 3.63) is 71.4 Å². The van der Waals surface area contributed by atoms with E-state index >= 15 is 0 Å². The molecule has 0 unspecified atom stereocenters. The van der Waals surface area contributed by atoms with Crippen molar-refractivity contribution in [2.75, 3.05) is 35.2 Å². The summed E-state index contributed by atoms with van der Waals surface area (Å²) in [6, 6.07) is 16.1. The molecule has 1 aromatic heterocycles. The van der Waals surface area contributed by atoms with Crippen LogP contribution < -0.4 is 15.5 Å². The first-order valence-electron chi connectivity index (χ1n) is 12.7. The molecule has 0 bridgehead atoms. The summed E-state index contributed by atoms with van der Waals surface area (Å²) in [4.78, 5) is 50.0. The fourth-order valence-corrected chi connectivity index (χ4v) is 4.72. The van der Waals surface area contributed by atoms with Crippen molar-refractivity contribution in [3.8, 4) is 0 Å². The van der Waals surface area contributed by atoms with Gasteiger partial charge in [0.05, 0.1) is 11.1 Å². The first-order chi connectivity index (χ1) is 18.0. The molecule has 3 aromatic rings. The zero-order valence-corrected chi connectivity index (χ0v) is 20.9. The van der Waals surface area contributed by atoms with Crippen LogP contribution in [0.3, 0.4) is 0 Å². The van der Waals surface area contributed by atoms with Crippen molar-refractivity contribution in [3.63, 3.8) is 0 Å². The maximum Gasteiger partial charge on any atom is 0.261 e. The third kappa shape index (κ3) is 5.61. The summed E-state index contributed by atoms with van der Waals surface area (Å²) in [7, 11) is 0. The Balaban J connectivity index is 1.12. The minimum Gasteiger partial charge on any atom is -0.356 e. The number of fused-ring (bicyclic) bond motifs is 1. The zero-order valence-electron chi connectivity index (χ0n) is 20.9. The van der Waals surface area contributed by atoms with E-state index in [1.54, 1.807) is 24.3 Å². The molecule has 9 nitrogen and oxygen atoms in total. The summed E-state index contributed by atoms with van der Waals surface area (Å²) in [5.74, 6) is 0.713. The van der Waals surface area contributed by atoms with Gasteiger partial charge in [-0.3, -0.25) is 19.3 Å². The number of amides is 3. The number of imide groups is 1. The van der Waals surface area contributed by atoms with Crippen LogP contribution in [0.15, 0.2) is 54.6 Å². The molecule has 3 heterocycles. The first-order valence-corrected chi connectivity index (χ1v) is 12.7. The Bertz CT molecular complexity index is 1280. The number of benzene rings is 2.